The van der Waals surface area contributed by atoms with Crippen LogP contribution < -0.4 is 0 Å². The van der Waals surface area contributed by atoms with Crippen molar-refractivity contribution in [1.29, 1.82) is 0 Å². The van der Waals surface area contributed by atoms with Crippen molar-refractivity contribution in [3.05, 3.63) is 0 Å². The quantitative estimate of drug-likeness (QED) is 0.602. The molecule has 1 saturated carbocycles. The first-order valence-corrected chi connectivity index (χ1v) is 6.54. The molecular formula is C12H22BO2S. The lowest BCUT2D eigenvalue weighted by Gasteiger charge is -2.39. The van der Waals surface area contributed by atoms with Crippen LogP contribution >= 0.6 is 12.6 Å². The largest absolute Gasteiger partial charge is 0.434 e. The number of hydrogen-bond acceptors (Lipinski definition) is 3. The fraction of sp³-hybridized carbons (Fsp3) is 1.00. The van der Waals surface area contributed by atoms with Gasteiger partial charge < -0.3 is 9.39 Å². The Hall–Kier alpha value is 0.335. The third-order valence-electron chi connectivity index (χ3n) is 4.37. The number of fused-ring (bicyclic) bond motifs is 1. The summed E-state index contributed by atoms with van der Waals surface area (Å²) in [4.78, 5) is 0. The fourth-order valence-electron chi connectivity index (χ4n) is 2.03. The van der Waals surface area contributed by atoms with Gasteiger partial charge in [-0.3, -0.25) is 0 Å². The summed E-state index contributed by atoms with van der Waals surface area (Å²) in [5, 5.41) is 0.314. The smallest absolute Gasteiger partial charge is 0.300 e. The summed E-state index contributed by atoms with van der Waals surface area (Å²) in [5.41, 5.74) is -0.240. The van der Waals surface area contributed by atoms with Gasteiger partial charge in [0, 0.05) is 18.0 Å². The van der Waals surface area contributed by atoms with Gasteiger partial charge in [-0.05, 0) is 51.8 Å². The SMILES string of the molecule is CC(C)(S)C(C)(C)O[B]C12CCOCC1C2. The van der Waals surface area contributed by atoms with E-state index in [1.807, 2.05) is 0 Å². The maximum Gasteiger partial charge on any atom is 0.300 e. The molecule has 2 nitrogen and oxygen atoms in total. The zero-order chi connectivity index (χ0) is 12.0. The molecule has 4 heteroatoms. The van der Waals surface area contributed by atoms with Crippen LogP contribution in [0.4, 0.5) is 0 Å². The van der Waals surface area contributed by atoms with Gasteiger partial charge in [-0.1, -0.05) is 0 Å². The molecule has 2 fully saturated rings. The lowest BCUT2D eigenvalue weighted by Crippen LogP contribution is -2.45. The monoisotopic (exact) mass is 241 g/mol. The average Bonchev–Trinajstić information content (AvgIpc) is 2.88. The van der Waals surface area contributed by atoms with E-state index < -0.39 is 0 Å². The first-order chi connectivity index (χ1) is 7.27. The second kappa shape index (κ2) is 3.92. The highest BCUT2D eigenvalue weighted by Crippen LogP contribution is 2.64. The molecule has 1 aliphatic heterocycles. The molecule has 2 rings (SSSR count). The predicted molar refractivity (Wildman–Crippen MR) is 70.2 cm³/mol. The average molecular weight is 241 g/mol. The summed E-state index contributed by atoms with van der Waals surface area (Å²) in [6.45, 7) is 10.2. The van der Waals surface area contributed by atoms with Crippen LogP contribution in [0.15, 0.2) is 0 Å². The molecule has 2 aliphatic rings. The number of ether oxygens (including phenoxy) is 1. The van der Waals surface area contributed by atoms with Crippen LogP contribution in [-0.4, -0.2) is 31.0 Å². The molecule has 1 radical (unpaired) electrons. The van der Waals surface area contributed by atoms with E-state index in [1.54, 1.807) is 0 Å². The molecule has 1 heterocycles. The zero-order valence-corrected chi connectivity index (χ0v) is 11.6. The molecule has 0 aromatic heterocycles. The summed E-state index contributed by atoms with van der Waals surface area (Å²) < 4.78 is 11.3. The van der Waals surface area contributed by atoms with Crippen molar-refractivity contribution in [1.82, 2.24) is 0 Å². The predicted octanol–water partition coefficient (Wildman–Crippen LogP) is 2.71. The minimum Gasteiger partial charge on any atom is -0.434 e. The van der Waals surface area contributed by atoms with E-state index in [1.165, 1.54) is 6.42 Å². The third kappa shape index (κ3) is 2.29. The van der Waals surface area contributed by atoms with Crippen molar-refractivity contribution in [3.8, 4) is 0 Å². The van der Waals surface area contributed by atoms with Gasteiger partial charge in [-0.2, -0.15) is 12.6 Å². The minimum absolute atomic E-state index is 0.143. The maximum atomic E-state index is 6.02. The Labute approximate surface area is 105 Å². The molecule has 0 bridgehead atoms. The Morgan fingerprint density at radius 2 is 2.06 bits per heavy atom. The lowest BCUT2D eigenvalue weighted by molar-refractivity contribution is 0.0633. The highest BCUT2D eigenvalue weighted by Gasteiger charge is 2.57. The molecule has 2 unspecified atom stereocenters. The fourth-order valence-corrected chi connectivity index (χ4v) is 2.08. The van der Waals surface area contributed by atoms with Gasteiger partial charge in [0.2, 0.25) is 0 Å². The summed E-state index contributed by atoms with van der Waals surface area (Å²) >= 11 is 4.60. The van der Waals surface area contributed by atoms with Crippen molar-refractivity contribution in [2.75, 3.05) is 13.2 Å². The van der Waals surface area contributed by atoms with Crippen LogP contribution in [0.3, 0.4) is 0 Å². The van der Waals surface area contributed by atoms with E-state index in [4.69, 9.17) is 9.39 Å². The molecule has 0 aromatic rings. The van der Waals surface area contributed by atoms with E-state index in [2.05, 4.69) is 47.8 Å². The molecule has 1 aliphatic carbocycles. The summed E-state index contributed by atoms with van der Waals surface area (Å²) in [6.07, 6.45) is 2.34. The van der Waals surface area contributed by atoms with Crippen molar-refractivity contribution < 1.29 is 9.39 Å². The van der Waals surface area contributed by atoms with E-state index in [9.17, 15) is 0 Å². The van der Waals surface area contributed by atoms with Crippen molar-refractivity contribution in [2.24, 2.45) is 5.92 Å². The van der Waals surface area contributed by atoms with Crippen LogP contribution in [-0.2, 0) is 9.39 Å². The van der Waals surface area contributed by atoms with Gasteiger partial charge >= 0.3 is 0 Å². The topological polar surface area (TPSA) is 18.5 Å². The van der Waals surface area contributed by atoms with Gasteiger partial charge in [0.05, 0.1) is 5.60 Å². The summed E-state index contributed by atoms with van der Waals surface area (Å²) in [7, 11) is 2.08. The minimum atomic E-state index is -0.240. The van der Waals surface area contributed by atoms with Crippen LogP contribution in [0.2, 0.25) is 5.31 Å². The number of hydrogen-bond donors (Lipinski definition) is 1. The molecule has 0 aromatic carbocycles. The van der Waals surface area contributed by atoms with Crippen molar-refractivity contribution >= 4 is 20.1 Å². The lowest BCUT2D eigenvalue weighted by atomic mass is 9.70. The van der Waals surface area contributed by atoms with Crippen LogP contribution in [0.5, 0.6) is 0 Å². The first-order valence-electron chi connectivity index (χ1n) is 6.09. The van der Waals surface area contributed by atoms with Gasteiger partial charge in [-0.25, -0.2) is 0 Å². The van der Waals surface area contributed by atoms with E-state index >= 15 is 0 Å². The van der Waals surface area contributed by atoms with Gasteiger partial charge in [0.1, 0.15) is 0 Å². The Bertz CT molecular complexity index is 275. The zero-order valence-electron chi connectivity index (χ0n) is 10.7. The first kappa shape index (κ1) is 12.8. The van der Waals surface area contributed by atoms with Gasteiger partial charge in [0.15, 0.2) is 0 Å². The third-order valence-corrected chi connectivity index (χ3v) is 4.91. The molecule has 16 heavy (non-hydrogen) atoms. The molecule has 0 amide bonds. The normalized spacial score (nSPS) is 34.4. The highest BCUT2D eigenvalue weighted by atomic mass is 32.1. The van der Waals surface area contributed by atoms with E-state index in [0.717, 1.165) is 19.6 Å². The molecular weight excluding hydrogens is 219 g/mol. The van der Waals surface area contributed by atoms with Gasteiger partial charge in [-0.15, -0.1) is 0 Å². The molecule has 0 N–H and O–H groups in total. The number of thiol groups is 1. The second-order valence-electron chi connectivity index (χ2n) is 6.26. The van der Waals surface area contributed by atoms with Gasteiger partial charge in [0.25, 0.3) is 7.48 Å². The molecule has 0 spiro atoms. The van der Waals surface area contributed by atoms with Crippen molar-refractivity contribution in [2.45, 2.75) is 56.2 Å². The van der Waals surface area contributed by atoms with Crippen LogP contribution in [0.25, 0.3) is 0 Å². The molecule has 1 saturated heterocycles. The molecule has 2 atom stereocenters. The van der Waals surface area contributed by atoms with Crippen LogP contribution in [0.1, 0.15) is 40.5 Å². The Morgan fingerprint density at radius 3 is 2.62 bits per heavy atom. The summed E-state index contributed by atoms with van der Waals surface area (Å²) in [5.74, 6) is 0.695. The Balaban J connectivity index is 1.88. The Morgan fingerprint density at radius 1 is 1.38 bits per heavy atom. The van der Waals surface area contributed by atoms with E-state index in [0.29, 0.717) is 11.2 Å². The number of rotatable bonds is 4. The van der Waals surface area contributed by atoms with Crippen LogP contribution in [0, 0.1) is 5.92 Å². The maximum absolute atomic E-state index is 6.02. The summed E-state index contributed by atoms with van der Waals surface area (Å²) in [6, 6.07) is 0. The Kier molecular flexibility index (Phi) is 3.14. The highest BCUT2D eigenvalue weighted by molar-refractivity contribution is 7.81. The molecule has 91 valence electrons. The van der Waals surface area contributed by atoms with Crippen molar-refractivity contribution in [3.63, 3.8) is 0 Å². The standard InChI is InChI=1S/C12H22BO2S/c1-10(2,11(3,4)16)15-13-12-5-6-14-8-9(12)7-12/h9,16H,5-8H2,1-4H3. The second-order valence-corrected chi connectivity index (χ2v) is 7.38. The van der Waals surface area contributed by atoms with E-state index in [-0.39, 0.29) is 10.3 Å².